The summed E-state index contributed by atoms with van der Waals surface area (Å²) >= 11 is 0. The van der Waals surface area contributed by atoms with Gasteiger partial charge in [0, 0.05) is 31.1 Å². The zero-order valence-corrected chi connectivity index (χ0v) is 18.2. The first kappa shape index (κ1) is 22.2. The Morgan fingerprint density at radius 2 is 1.72 bits per heavy atom. The summed E-state index contributed by atoms with van der Waals surface area (Å²) in [4.78, 5) is 15.1. The monoisotopic (exact) mass is 425 g/mol. The zero-order valence-electron chi connectivity index (χ0n) is 17.4. The first-order valence-corrected chi connectivity index (χ1v) is 11.9. The fourth-order valence-electron chi connectivity index (χ4n) is 4.50. The molecule has 6 nitrogen and oxygen atoms in total. The van der Waals surface area contributed by atoms with E-state index in [9.17, 15) is 17.6 Å². The smallest absolute Gasteiger partial charge is 0.243 e. The van der Waals surface area contributed by atoms with Gasteiger partial charge in [0.2, 0.25) is 15.9 Å². The number of benzene rings is 1. The summed E-state index contributed by atoms with van der Waals surface area (Å²) in [6.07, 6.45) is 6.82. The summed E-state index contributed by atoms with van der Waals surface area (Å²) in [6.45, 7) is 1.25. The highest BCUT2D eigenvalue weighted by atomic mass is 32.2. The molecule has 1 heterocycles. The number of carbonyl (C=O) groups excluding carboxylic acids is 1. The molecule has 1 amide bonds. The fourth-order valence-corrected chi connectivity index (χ4v) is 5.97. The lowest BCUT2D eigenvalue weighted by atomic mass is 9.80. The van der Waals surface area contributed by atoms with Gasteiger partial charge in [-0.3, -0.25) is 4.79 Å². The van der Waals surface area contributed by atoms with Crippen LogP contribution in [0.5, 0.6) is 0 Å². The van der Waals surface area contributed by atoms with Gasteiger partial charge in [-0.05, 0) is 64.0 Å². The lowest BCUT2D eigenvalue weighted by Gasteiger charge is -2.43. The van der Waals surface area contributed by atoms with Gasteiger partial charge in [-0.25, -0.2) is 12.8 Å². The minimum atomic E-state index is -3.65. The minimum absolute atomic E-state index is 0.0237. The van der Waals surface area contributed by atoms with Crippen molar-refractivity contribution >= 4 is 15.9 Å². The number of nitrogens with zero attached hydrogens (tertiary/aromatic N) is 2. The van der Waals surface area contributed by atoms with Gasteiger partial charge in [0.25, 0.3) is 0 Å². The molecule has 0 atom stereocenters. The molecule has 1 aromatic rings. The summed E-state index contributed by atoms with van der Waals surface area (Å²) in [5.74, 6) is -0.610. The Hall–Kier alpha value is -1.51. The van der Waals surface area contributed by atoms with Crippen LogP contribution in [0.25, 0.3) is 0 Å². The second kappa shape index (κ2) is 9.10. The largest absolute Gasteiger partial charge is 0.354 e. The molecule has 8 heteroatoms. The predicted molar refractivity (Wildman–Crippen MR) is 110 cm³/mol. The number of rotatable bonds is 6. The van der Waals surface area contributed by atoms with Crippen molar-refractivity contribution in [1.29, 1.82) is 0 Å². The van der Waals surface area contributed by atoms with Gasteiger partial charge in [0.05, 0.1) is 4.90 Å². The number of halogens is 1. The van der Waals surface area contributed by atoms with E-state index in [1.165, 1.54) is 35.7 Å². The number of nitrogens with one attached hydrogen (secondary N) is 1. The number of hydrogen-bond acceptors (Lipinski definition) is 4. The molecule has 1 saturated carbocycles. The van der Waals surface area contributed by atoms with Gasteiger partial charge >= 0.3 is 0 Å². The first-order valence-electron chi connectivity index (χ1n) is 10.5. The third-order valence-corrected chi connectivity index (χ3v) is 8.51. The van der Waals surface area contributed by atoms with Gasteiger partial charge in [-0.15, -0.1) is 0 Å². The molecule has 0 unspecified atom stereocenters. The molecule has 2 aliphatic rings. The van der Waals surface area contributed by atoms with Crippen molar-refractivity contribution in [2.75, 3.05) is 33.7 Å². The summed E-state index contributed by atoms with van der Waals surface area (Å²) in [5.41, 5.74) is 0.0283. The van der Waals surface area contributed by atoms with Crippen LogP contribution in [0.1, 0.15) is 44.9 Å². The summed E-state index contributed by atoms with van der Waals surface area (Å²) < 4.78 is 39.9. The van der Waals surface area contributed by atoms with Crippen molar-refractivity contribution < 1.29 is 17.6 Å². The first-order chi connectivity index (χ1) is 13.7. The molecule has 0 spiro atoms. The van der Waals surface area contributed by atoms with Crippen molar-refractivity contribution in [3.63, 3.8) is 0 Å². The standard InChI is InChI=1S/C21H32FN3O3S/c1-24(2)21(12-4-3-5-13-21)16-23-20(26)17-10-14-25(15-11-17)29(27,28)19-8-6-18(22)7-9-19/h6-9,17H,3-5,10-16H2,1-2H3,(H,23,26). The Morgan fingerprint density at radius 1 is 1.14 bits per heavy atom. The van der Waals surface area contributed by atoms with E-state index in [4.69, 9.17) is 0 Å². The lowest BCUT2D eigenvalue weighted by molar-refractivity contribution is -0.126. The molecule has 1 aliphatic carbocycles. The molecule has 0 aromatic heterocycles. The maximum absolute atomic E-state index is 13.1. The molecule has 1 N–H and O–H groups in total. The molecular weight excluding hydrogens is 393 g/mol. The van der Waals surface area contributed by atoms with E-state index in [1.807, 2.05) is 0 Å². The molecule has 0 radical (unpaired) electrons. The lowest BCUT2D eigenvalue weighted by Crippen LogP contribution is -2.55. The third-order valence-electron chi connectivity index (χ3n) is 6.60. The van der Waals surface area contributed by atoms with Crippen LogP contribution in [-0.4, -0.2) is 62.8 Å². The van der Waals surface area contributed by atoms with Crippen LogP contribution in [0.4, 0.5) is 4.39 Å². The molecule has 162 valence electrons. The van der Waals surface area contributed by atoms with Crippen LogP contribution < -0.4 is 5.32 Å². The Labute approximate surface area is 173 Å². The van der Waals surface area contributed by atoms with E-state index in [1.54, 1.807) is 0 Å². The average Bonchev–Trinajstić information content (AvgIpc) is 2.73. The van der Waals surface area contributed by atoms with Crippen molar-refractivity contribution in [2.24, 2.45) is 5.92 Å². The van der Waals surface area contributed by atoms with Crippen LogP contribution in [0.3, 0.4) is 0 Å². The highest BCUT2D eigenvalue weighted by Crippen LogP contribution is 2.32. The maximum Gasteiger partial charge on any atom is 0.243 e. The zero-order chi connectivity index (χ0) is 21.1. The molecule has 2 fully saturated rings. The highest BCUT2D eigenvalue weighted by molar-refractivity contribution is 7.89. The molecular formula is C21H32FN3O3S. The van der Waals surface area contributed by atoms with Crippen molar-refractivity contribution in [3.05, 3.63) is 30.1 Å². The average molecular weight is 426 g/mol. The predicted octanol–water partition coefficient (Wildman–Crippen LogP) is 2.61. The van der Waals surface area contributed by atoms with Crippen LogP contribution in [0.15, 0.2) is 29.2 Å². The van der Waals surface area contributed by atoms with E-state index >= 15 is 0 Å². The maximum atomic E-state index is 13.1. The highest BCUT2D eigenvalue weighted by Gasteiger charge is 2.36. The number of carbonyl (C=O) groups is 1. The molecule has 1 saturated heterocycles. The van der Waals surface area contributed by atoms with Crippen LogP contribution in [0.2, 0.25) is 0 Å². The van der Waals surface area contributed by atoms with Crippen molar-refractivity contribution in [2.45, 2.75) is 55.4 Å². The molecule has 3 rings (SSSR count). The quantitative estimate of drug-likeness (QED) is 0.761. The third kappa shape index (κ3) is 4.98. The van der Waals surface area contributed by atoms with E-state index in [-0.39, 0.29) is 22.3 Å². The van der Waals surface area contributed by atoms with E-state index < -0.39 is 15.8 Å². The van der Waals surface area contributed by atoms with E-state index in [0.717, 1.165) is 25.0 Å². The number of likely N-dealkylation sites (N-methyl/N-ethyl adjacent to an activating group) is 1. The van der Waals surface area contributed by atoms with Gasteiger partial charge < -0.3 is 10.2 Å². The summed E-state index contributed by atoms with van der Waals surface area (Å²) in [5, 5.41) is 3.15. The Bertz CT molecular complexity index is 797. The van der Waals surface area contributed by atoms with Gasteiger partial charge in [-0.2, -0.15) is 4.31 Å². The van der Waals surface area contributed by atoms with Gasteiger partial charge in [0.15, 0.2) is 0 Å². The van der Waals surface area contributed by atoms with E-state index in [2.05, 4.69) is 24.3 Å². The normalized spacial score (nSPS) is 21.2. The number of hydrogen-bond donors (Lipinski definition) is 1. The second-order valence-corrected chi connectivity index (χ2v) is 10.5. The fraction of sp³-hybridized carbons (Fsp3) is 0.667. The summed E-state index contributed by atoms with van der Waals surface area (Å²) in [7, 11) is 0.509. The molecule has 1 aromatic carbocycles. The second-order valence-electron chi connectivity index (χ2n) is 8.53. The number of piperidine rings is 1. The SMILES string of the molecule is CN(C)C1(CNC(=O)C2CCN(S(=O)(=O)c3ccc(F)cc3)CC2)CCCCC1. The van der Waals surface area contributed by atoms with Gasteiger partial charge in [0.1, 0.15) is 5.82 Å². The van der Waals surface area contributed by atoms with Gasteiger partial charge in [-0.1, -0.05) is 19.3 Å². The Kier molecular flexibility index (Phi) is 6.96. The molecule has 0 bridgehead atoms. The van der Waals surface area contributed by atoms with Crippen LogP contribution >= 0.6 is 0 Å². The van der Waals surface area contributed by atoms with Crippen LogP contribution in [0, 0.1) is 11.7 Å². The number of amides is 1. The molecule has 1 aliphatic heterocycles. The van der Waals surface area contributed by atoms with Crippen molar-refractivity contribution in [3.8, 4) is 0 Å². The summed E-state index contributed by atoms with van der Waals surface area (Å²) in [6, 6.07) is 4.88. The van der Waals surface area contributed by atoms with Crippen LogP contribution in [-0.2, 0) is 14.8 Å². The molecule has 29 heavy (non-hydrogen) atoms. The Balaban J connectivity index is 1.54. The number of sulfonamides is 1. The topological polar surface area (TPSA) is 69.7 Å². The van der Waals surface area contributed by atoms with Crippen molar-refractivity contribution in [1.82, 2.24) is 14.5 Å². The minimum Gasteiger partial charge on any atom is -0.354 e. The Morgan fingerprint density at radius 3 is 2.28 bits per heavy atom. The van der Waals surface area contributed by atoms with E-state index in [0.29, 0.717) is 32.5 Å².